The van der Waals surface area contributed by atoms with Crippen molar-refractivity contribution in [2.75, 3.05) is 54.0 Å². The van der Waals surface area contributed by atoms with Gasteiger partial charge in [0.25, 0.3) is 12.2 Å². The zero-order chi connectivity index (χ0) is 25.8. The van der Waals surface area contributed by atoms with Crippen molar-refractivity contribution in [1.29, 1.82) is 0 Å². The average Bonchev–Trinajstić information content (AvgIpc) is 2.87. The van der Waals surface area contributed by atoms with Crippen molar-refractivity contribution in [3.05, 3.63) is 57.1 Å². The van der Waals surface area contributed by atoms with E-state index in [0.29, 0.717) is 0 Å². The van der Waals surface area contributed by atoms with Crippen LogP contribution in [0.15, 0.2) is 36.4 Å². The summed E-state index contributed by atoms with van der Waals surface area (Å²) in [7, 11) is 0. The van der Waals surface area contributed by atoms with Crippen LogP contribution in [-0.2, 0) is 4.79 Å². The van der Waals surface area contributed by atoms with Crippen LogP contribution in [0.25, 0.3) is 0 Å². The number of hydrogen-bond acceptors (Lipinski definition) is 7. The smallest absolute Gasteiger partial charge is 0.292 e. The van der Waals surface area contributed by atoms with Gasteiger partial charge in [-0.15, -0.1) is 0 Å². The van der Waals surface area contributed by atoms with Crippen LogP contribution in [0.4, 0.5) is 22.7 Å². The zero-order valence-electron chi connectivity index (χ0n) is 19.8. The number of piperazine rings is 1. The molecule has 0 aliphatic carbocycles. The topological polar surface area (TPSA) is 116 Å². The normalized spacial score (nSPS) is 15.2. The molecule has 2 aliphatic rings. The van der Waals surface area contributed by atoms with E-state index < -0.39 is 0 Å². The molecule has 2 fully saturated rings. The molecule has 9 nitrogen and oxygen atoms in total. The Labute approximate surface area is 216 Å². The molecule has 2 aromatic carbocycles. The van der Waals surface area contributed by atoms with E-state index in [1.807, 2.05) is 25.1 Å². The van der Waals surface area contributed by atoms with E-state index in [-0.39, 0.29) is 17.1 Å². The number of rotatable bonds is 4. The minimum Gasteiger partial charge on any atom is -0.483 e. The highest BCUT2D eigenvalue weighted by atomic mass is 35.5. The first-order valence-corrected chi connectivity index (χ1v) is 12.2. The number of piperidine rings is 1. The van der Waals surface area contributed by atoms with Gasteiger partial charge in [-0.05, 0) is 56.0 Å². The molecule has 0 aromatic heterocycles. The minimum atomic E-state index is -0.257. The van der Waals surface area contributed by atoms with Gasteiger partial charge in [-0.25, -0.2) is 0 Å². The fraction of sp³-hybridized carbons (Fsp3) is 0.417. The second-order valence-corrected chi connectivity index (χ2v) is 8.81. The predicted octanol–water partition coefficient (Wildman–Crippen LogP) is 4.48. The van der Waals surface area contributed by atoms with Crippen LogP contribution in [0.5, 0.6) is 0 Å². The summed E-state index contributed by atoms with van der Waals surface area (Å²) < 4.78 is 0. The van der Waals surface area contributed by atoms with E-state index >= 15 is 0 Å². The van der Waals surface area contributed by atoms with Gasteiger partial charge >= 0.3 is 0 Å². The van der Waals surface area contributed by atoms with Gasteiger partial charge in [-0.1, -0.05) is 29.9 Å². The molecule has 0 amide bonds. The van der Waals surface area contributed by atoms with Gasteiger partial charge in [-0.2, -0.15) is 0 Å². The number of carbonyl (C=O) groups is 1. The number of hydrogen-bond donors (Lipinski definition) is 2. The van der Waals surface area contributed by atoms with Crippen molar-refractivity contribution in [3.63, 3.8) is 0 Å². The van der Waals surface area contributed by atoms with E-state index in [0.717, 1.165) is 85.2 Å². The molecule has 0 spiro atoms. The summed E-state index contributed by atoms with van der Waals surface area (Å²) in [5, 5.41) is 19.2. The first-order valence-electron chi connectivity index (χ1n) is 11.4. The Bertz CT molecular complexity index is 990. The van der Waals surface area contributed by atoms with Gasteiger partial charge in [-0.3, -0.25) is 14.9 Å². The third-order valence-electron chi connectivity index (χ3n) is 6.02. The maximum atomic E-state index is 11.6. The van der Waals surface area contributed by atoms with E-state index in [2.05, 4.69) is 44.8 Å². The number of aryl methyl sites for hydroxylation is 1. The average molecular weight is 522 g/mol. The molecule has 0 bridgehead atoms. The Morgan fingerprint density at radius 3 is 1.94 bits per heavy atom. The number of nitrogens with two attached hydrogens (primary N) is 1. The number of nitro benzene ring substituents is 1. The minimum absolute atomic E-state index is 0.212. The number of thiocarbonyl (C=S) groups is 1. The molecule has 0 atom stereocenters. The Morgan fingerprint density at radius 1 is 0.971 bits per heavy atom. The molecule has 11 heteroatoms. The lowest BCUT2D eigenvalue weighted by Crippen LogP contribution is -2.46. The third kappa shape index (κ3) is 7.97. The lowest BCUT2D eigenvalue weighted by molar-refractivity contribution is -0.384. The lowest BCUT2D eigenvalue weighted by atomic mass is 10.1. The van der Waals surface area contributed by atoms with Crippen LogP contribution in [0.1, 0.15) is 24.8 Å². The SMILES string of the molecule is Cc1ccc(N2CCN(c3ccc([N+](=O)[O-])c(N4CCCCC4)c3)CC2)cc1Cl.NC=S.O=CO. The maximum Gasteiger partial charge on any atom is 0.292 e. The van der Waals surface area contributed by atoms with Crippen molar-refractivity contribution < 1.29 is 14.8 Å². The zero-order valence-corrected chi connectivity index (χ0v) is 21.4. The molecule has 2 aliphatic heterocycles. The number of benzene rings is 2. The Hall–Kier alpha value is -3.11. The lowest BCUT2D eigenvalue weighted by Gasteiger charge is -2.38. The number of carboxylic acid groups (broad SMARTS) is 1. The van der Waals surface area contributed by atoms with Crippen LogP contribution in [0.2, 0.25) is 5.02 Å². The van der Waals surface area contributed by atoms with Crippen LogP contribution in [0, 0.1) is 17.0 Å². The van der Waals surface area contributed by atoms with Gasteiger partial charge in [0.1, 0.15) is 5.69 Å². The first kappa shape index (κ1) is 28.1. The number of anilines is 3. The first-order chi connectivity index (χ1) is 16.9. The highest BCUT2D eigenvalue weighted by molar-refractivity contribution is 7.78. The summed E-state index contributed by atoms with van der Waals surface area (Å²) in [6.45, 7) is 7.10. The van der Waals surface area contributed by atoms with Crippen molar-refractivity contribution in [2.45, 2.75) is 26.2 Å². The fourth-order valence-electron chi connectivity index (χ4n) is 4.25. The molecular formula is C24H32ClN5O4S. The molecule has 0 saturated carbocycles. The summed E-state index contributed by atoms with van der Waals surface area (Å²) in [6, 6.07) is 11.8. The Kier molecular flexibility index (Phi) is 11.5. The summed E-state index contributed by atoms with van der Waals surface area (Å²) in [5.74, 6) is 0. The quantitative estimate of drug-likeness (QED) is 0.260. The highest BCUT2D eigenvalue weighted by Crippen LogP contribution is 2.35. The number of halogens is 1. The highest BCUT2D eigenvalue weighted by Gasteiger charge is 2.24. The summed E-state index contributed by atoms with van der Waals surface area (Å²) in [6.07, 6.45) is 3.40. The van der Waals surface area contributed by atoms with Crippen LogP contribution < -0.4 is 20.4 Å². The van der Waals surface area contributed by atoms with Crippen LogP contribution >= 0.6 is 23.8 Å². The van der Waals surface area contributed by atoms with Crippen molar-refractivity contribution >= 4 is 58.5 Å². The van der Waals surface area contributed by atoms with Crippen molar-refractivity contribution in [3.8, 4) is 0 Å². The number of nitrogens with zero attached hydrogens (tertiary/aromatic N) is 4. The van der Waals surface area contributed by atoms with Gasteiger partial charge in [0, 0.05) is 61.7 Å². The third-order valence-corrected chi connectivity index (χ3v) is 6.43. The summed E-state index contributed by atoms with van der Waals surface area (Å²) >= 11 is 10.3. The molecule has 0 unspecified atom stereocenters. The molecule has 190 valence electrons. The molecule has 2 heterocycles. The fourth-order valence-corrected chi connectivity index (χ4v) is 4.43. The van der Waals surface area contributed by atoms with Crippen LogP contribution in [0.3, 0.4) is 0 Å². The molecule has 4 rings (SSSR count). The van der Waals surface area contributed by atoms with Gasteiger partial charge in [0.05, 0.1) is 10.4 Å². The molecule has 3 N–H and O–H groups in total. The van der Waals surface area contributed by atoms with Crippen LogP contribution in [-0.4, -0.2) is 61.3 Å². The summed E-state index contributed by atoms with van der Waals surface area (Å²) in [5.41, 5.74) is 9.90. The Morgan fingerprint density at radius 2 is 1.46 bits per heavy atom. The molecule has 0 radical (unpaired) electrons. The maximum absolute atomic E-state index is 11.6. The van der Waals surface area contributed by atoms with Gasteiger partial charge in [0.2, 0.25) is 0 Å². The molecular weight excluding hydrogens is 490 g/mol. The molecule has 35 heavy (non-hydrogen) atoms. The standard InChI is InChI=1S/C22H27ClN4O2.CH3NS.CH2O2/c1-17-5-6-18(15-20(17)23)24-11-13-25(14-12-24)19-7-8-21(27(28)29)22(16-19)26-9-3-2-4-10-26;2*2-1-3/h5-8,15-16H,2-4,9-14H2,1H3;1H,(H2,2,3);1H,(H,2,3). The van der Waals surface area contributed by atoms with E-state index in [1.54, 1.807) is 6.07 Å². The van der Waals surface area contributed by atoms with Crippen molar-refractivity contribution in [1.82, 2.24) is 0 Å². The van der Waals surface area contributed by atoms with Gasteiger partial charge < -0.3 is 25.5 Å². The molecule has 2 saturated heterocycles. The van der Waals surface area contributed by atoms with E-state index in [9.17, 15) is 10.1 Å². The monoisotopic (exact) mass is 521 g/mol. The van der Waals surface area contributed by atoms with Gasteiger partial charge in [0.15, 0.2) is 0 Å². The second-order valence-electron chi connectivity index (χ2n) is 8.13. The largest absolute Gasteiger partial charge is 0.483 e. The Balaban J connectivity index is 0.000000655. The van der Waals surface area contributed by atoms with E-state index in [4.69, 9.17) is 21.5 Å². The molecule has 2 aromatic rings. The number of nitro groups is 1. The van der Waals surface area contributed by atoms with Crippen molar-refractivity contribution in [2.24, 2.45) is 5.73 Å². The second kappa shape index (κ2) is 14.3. The van der Waals surface area contributed by atoms with E-state index in [1.165, 1.54) is 6.42 Å². The summed E-state index contributed by atoms with van der Waals surface area (Å²) in [4.78, 5) is 26.5. The predicted molar refractivity (Wildman–Crippen MR) is 146 cm³/mol.